The molecule has 6 atom stereocenters. The zero-order valence-electron chi connectivity index (χ0n) is 33.3. The molecule has 2 heterocycles. The van der Waals surface area contributed by atoms with Crippen LogP contribution in [0.25, 0.3) is 0 Å². The number of carboxylic acids is 2. The van der Waals surface area contributed by atoms with Gasteiger partial charge in [0.05, 0.1) is 24.1 Å². The molecule has 2 saturated heterocycles. The first-order valence-corrected chi connectivity index (χ1v) is 20.0. The van der Waals surface area contributed by atoms with Crippen LogP contribution in [-0.2, 0) is 22.4 Å². The lowest BCUT2D eigenvalue weighted by Gasteiger charge is -2.38. The molecule has 6 unspecified atom stereocenters. The Bertz CT molecular complexity index is 1650. The van der Waals surface area contributed by atoms with E-state index in [0.717, 1.165) is 62.0 Å². The third-order valence-corrected chi connectivity index (χ3v) is 11.3. The van der Waals surface area contributed by atoms with Crippen molar-refractivity contribution in [3.63, 3.8) is 0 Å². The SMILES string of the molecule is CC(C(O)c1ccc(O)cc1)N1CCC(Cc2ccccc2)CC1.CC(C(O)c1ccc(O)cc1)N1CCC(Cc2ccccc2)CC1.O=C([O-])C(O)C(O)C(=O)[O-]. The van der Waals surface area contributed by atoms with E-state index >= 15 is 0 Å². The molecule has 2 aliphatic heterocycles. The zero-order valence-corrected chi connectivity index (χ0v) is 33.3. The monoisotopic (exact) mass is 798 g/mol. The second-order valence-corrected chi connectivity index (χ2v) is 15.4. The Balaban J connectivity index is 0.000000209. The summed E-state index contributed by atoms with van der Waals surface area (Å²) < 4.78 is 0. The van der Waals surface area contributed by atoms with Crippen molar-refractivity contribution in [2.45, 2.75) is 88.9 Å². The number of aliphatic hydroxyl groups is 4. The van der Waals surface area contributed by atoms with Crippen LogP contribution in [0.15, 0.2) is 109 Å². The first-order chi connectivity index (χ1) is 27.7. The molecule has 4 aromatic carbocycles. The number of aromatic hydroxyl groups is 2. The van der Waals surface area contributed by atoms with E-state index in [1.807, 2.05) is 0 Å². The molecule has 12 heteroatoms. The van der Waals surface area contributed by atoms with Gasteiger partial charge in [-0.1, -0.05) is 84.9 Å². The van der Waals surface area contributed by atoms with Gasteiger partial charge in [-0.15, -0.1) is 0 Å². The first kappa shape index (κ1) is 45.9. The molecule has 314 valence electrons. The summed E-state index contributed by atoms with van der Waals surface area (Å²) in [6, 6.07) is 35.4. The quantitative estimate of drug-likeness (QED) is 0.116. The van der Waals surface area contributed by atoms with Crippen LogP contribution in [0.2, 0.25) is 0 Å². The van der Waals surface area contributed by atoms with Gasteiger partial charge in [-0.2, -0.15) is 0 Å². The number of hydrogen-bond acceptors (Lipinski definition) is 12. The fraction of sp³-hybridized carbons (Fsp3) is 0.435. The molecule has 0 amide bonds. The normalized spacial score (nSPS) is 18.5. The molecule has 2 aliphatic rings. The van der Waals surface area contributed by atoms with Crippen LogP contribution in [0.5, 0.6) is 11.5 Å². The maximum absolute atomic E-state index is 10.6. The molecule has 0 radical (unpaired) electrons. The van der Waals surface area contributed by atoms with Gasteiger partial charge >= 0.3 is 0 Å². The minimum absolute atomic E-state index is 0.0900. The number of carboxylic acid groups (broad SMARTS) is 2. The van der Waals surface area contributed by atoms with Gasteiger partial charge < -0.3 is 50.4 Å². The van der Waals surface area contributed by atoms with E-state index < -0.39 is 36.4 Å². The Kier molecular flexibility index (Phi) is 18.1. The molecule has 0 saturated carbocycles. The maximum atomic E-state index is 10.6. The van der Waals surface area contributed by atoms with Crippen molar-refractivity contribution in [3.8, 4) is 11.5 Å². The molecule has 0 spiro atoms. The van der Waals surface area contributed by atoms with Crippen LogP contribution in [0.3, 0.4) is 0 Å². The van der Waals surface area contributed by atoms with Crippen LogP contribution in [0.1, 0.15) is 74.0 Å². The van der Waals surface area contributed by atoms with Crippen molar-refractivity contribution in [1.82, 2.24) is 9.80 Å². The lowest BCUT2D eigenvalue weighted by molar-refractivity contribution is -0.333. The summed E-state index contributed by atoms with van der Waals surface area (Å²) in [6.07, 6.45) is 1.13. The summed E-state index contributed by atoms with van der Waals surface area (Å²) in [7, 11) is 0. The maximum Gasteiger partial charge on any atom is 0.124 e. The minimum atomic E-state index is -2.44. The number of phenols is 2. The second kappa shape index (κ2) is 22.9. The van der Waals surface area contributed by atoms with E-state index in [1.165, 1.54) is 36.8 Å². The summed E-state index contributed by atoms with van der Waals surface area (Å²) in [6.45, 7) is 8.33. The molecule has 0 aliphatic carbocycles. The number of hydrogen-bond donors (Lipinski definition) is 6. The predicted molar refractivity (Wildman–Crippen MR) is 216 cm³/mol. The Morgan fingerprint density at radius 2 is 0.828 bits per heavy atom. The topological polar surface area (TPSA) is 208 Å². The van der Waals surface area contributed by atoms with Crippen molar-refractivity contribution in [2.75, 3.05) is 26.2 Å². The highest BCUT2D eigenvalue weighted by Crippen LogP contribution is 2.30. The van der Waals surface area contributed by atoms with Crippen LogP contribution in [0, 0.1) is 11.8 Å². The first-order valence-electron chi connectivity index (χ1n) is 20.0. The number of piperidine rings is 2. The molecule has 0 bridgehead atoms. The van der Waals surface area contributed by atoms with E-state index in [-0.39, 0.29) is 23.6 Å². The lowest BCUT2D eigenvalue weighted by Crippen LogP contribution is -2.51. The number of rotatable bonds is 13. The van der Waals surface area contributed by atoms with Crippen LogP contribution in [0.4, 0.5) is 0 Å². The number of phenolic OH excluding ortho intramolecular Hbond substituents is 2. The summed E-state index contributed by atoms with van der Waals surface area (Å²) in [5.74, 6) is -2.17. The molecule has 4 aromatic rings. The summed E-state index contributed by atoms with van der Waals surface area (Å²) in [4.78, 5) is 24.0. The van der Waals surface area contributed by atoms with Crippen LogP contribution in [-0.4, -0.2) is 103 Å². The van der Waals surface area contributed by atoms with Crippen molar-refractivity contribution in [1.29, 1.82) is 0 Å². The number of aliphatic hydroxyl groups excluding tert-OH is 4. The third-order valence-electron chi connectivity index (χ3n) is 11.3. The van der Waals surface area contributed by atoms with Gasteiger partial charge in [-0.3, -0.25) is 9.80 Å². The van der Waals surface area contributed by atoms with E-state index in [4.69, 9.17) is 10.2 Å². The smallest absolute Gasteiger partial charge is 0.124 e. The molecule has 12 nitrogen and oxygen atoms in total. The van der Waals surface area contributed by atoms with Crippen molar-refractivity contribution in [3.05, 3.63) is 131 Å². The van der Waals surface area contributed by atoms with Crippen molar-refractivity contribution >= 4 is 11.9 Å². The zero-order chi connectivity index (χ0) is 42.2. The van der Waals surface area contributed by atoms with Gasteiger partial charge in [0.15, 0.2) is 0 Å². The number of carbonyl (C=O) groups is 2. The van der Waals surface area contributed by atoms with Crippen molar-refractivity contribution < 1.29 is 50.4 Å². The molecule has 6 rings (SSSR count). The van der Waals surface area contributed by atoms with E-state index in [2.05, 4.69) is 84.3 Å². The lowest BCUT2D eigenvalue weighted by atomic mass is 9.89. The summed E-state index contributed by atoms with van der Waals surface area (Å²) >= 11 is 0. The number of nitrogens with zero attached hydrogens (tertiary/aromatic N) is 2. The molecule has 58 heavy (non-hydrogen) atoms. The highest BCUT2D eigenvalue weighted by molar-refractivity contribution is 5.80. The third kappa shape index (κ3) is 14.2. The van der Waals surface area contributed by atoms with E-state index in [0.29, 0.717) is 0 Å². The number of benzene rings is 4. The largest absolute Gasteiger partial charge is 0.547 e. The highest BCUT2D eigenvalue weighted by atomic mass is 16.4. The van der Waals surface area contributed by atoms with E-state index in [1.54, 1.807) is 48.5 Å². The number of aliphatic carboxylic acids is 2. The van der Waals surface area contributed by atoms with Gasteiger partial charge in [-0.25, -0.2) is 0 Å². The fourth-order valence-electron chi connectivity index (χ4n) is 7.58. The molecule has 0 aromatic heterocycles. The fourth-order valence-corrected chi connectivity index (χ4v) is 7.58. The second-order valence-electron chi connectivity index (χ2n) is 15.4. The Labute approximate surface area is 341 Å². The van der Waals surface area contributed by atoms with Crippen molar-refractivity contribution in [2.24, 2.45) is 11.8 Å². The minimum Gasteiger partial charge on any atom is -0.547 e. The van der Waals surface area contributed by atoms with Crippen LogP contribution < -0.4 is 10.2 Å². The average Bonchev–Trinajstić information content (AvgIpc) is 3.24. The van der Waals surface area contributed by atoms with Gasteiger partial charge in [0.25, 0.3) is 0 Å². The molecule has 6 N–H and O–H groups in total. The standard InChI is InChI=1S/2C21H27NO2.C4H6O6/c2*1-16(21(24)19-7-9-20(23)10-8-19)22-13-11-18(12-14-22)15-17-5-3-2-4-6-17;5-1(3(7)8)2(6)4(9)10/h2*2-10,16,18,21,23-24H,11-15H2,1H3;1-2,5-6H,(H,7,8)(H,9,10)/p-2. The Morgan fingerprint density at radius 1 is 0.534 bits per heavy atom. The van der Waals surface area contributed by atoms with Gasteiger partial charge in [-0.05, 0) is 137 Å². The molecular formula is C46H58N2O10-2. The number of likely N-dealkylation sites (tertiary alicyclic amines) is 2. The Morgan fingerprint density at radius 3 is 1.10 bits per heavy atom. The number of carbonyl (C=O) groups excluding carboxylic acids is 2. The van der Waals surface area contributed by atoms with Gasteiger partial charge in [0.2, 0.25) is 0 Å². The predicted octanol–water partition coefficient (Wildman–Crippen LogP) is 2.75. The highest BCUT2D eigenvalue weighted by Gasteiger charge is 2.29. The van der Waals surface area contributed by atoms with Crippen LogP contribution >= 0.6 is 0 Å². The molecule has 2 fully saturated rings. The summed E-state index contributed by atoms with van der Waals surface area (Å²) in [5.41, 5.74) is 4.58. The average molecular weight is 799 g/mol. The van der Waals surface area contributed by atoms with Gasteiger partial charge in [0.1, 0.15) is 23.7 Å². The molecular weight excluding hydrogens is 741 g/mol. The summed E-state index contributed by atoms with van der Waals surface area (Å²) in [5, 5.41) is 75.7. The van der Waals surface area contributed by atoms with Gasteiger partial charge in [0, 0.05) is 12.1 Å². The van der Waals surface area contributed by atoms with E-state index in [9.17, 15) is 40.2 Å². The Hall–Kier alpha value is -4.82.